The quantitative estimate of drug-likeness (QED) is 0.554. The molecule has 3 N–H and O–H groups in total. The molecule has 0 aliphatic carbocycles. The van der Waals surface area contributed by atoms with Crippen molar-refractivity contribution in [2.24, 2.45) is 10.7 Å². The summed E-state index contributed by atoms with van der Waals surface area (Å²) in [5, 5.41) is 3.04. The summed E-state index contributed by atoms with van der Waals surface area (Å²) in [6.45, 7) is 2.95. The number of benzene rings is 1. The second-order valence-corrected chi connectivity index (χ2v) is 3.21. The fourth-order valence-corrected chi connectivity index (χ4v) is 1.29. The molecule has 0 radical (unpaired) electrons. The van der Waals surface area contributed by atoms with Crippen molar-refractivity contribution in [3.05, 3.63) is 35.4 Å². The van der Waals surface area contributed by atoms with Crippen LogP contribution in [-0.4, -0.2) is 19.6 Å². The van der Waals surface area contributed by atoms with E-state index in [1.54, 1.807) is 7.05 Å². The van der Waals surface area contributed by atoms with E-state index >= 15 is 0 Å². The highest BCUT2D eigenvalue weighted by Crippen LogP contribution is 2.06. The zero-order valence-electron chi connectivity index (χ0n) is 8.75. The summed E-state index contributed by atoms with van der Waals surface area (Å²) in [6, 6.07) is 8.36. The standard InChI is InChI=1S/C11H17N3/c1-9-5-3-4-6-10(9)7-8-14-11(12)13-2/h3-6H,7-8H2,1-2H3,(H3,12,13,14). The lowest BCUT2D eigenvalue weighted by Gasteiger charge is -2.06. The SMILES string of the molecule is CN=C(N)NCCc1ccccc1C. The number of aliphatic imine (C=N–C) groups is 1. The largest absolute Gasteiger partial charge is 0.370 e. The van der Waals surface area contributed by atoms with Crippen LogP contribution in [0, 0.1) is 6.92 Å². The third kappa shape index (κ3) is 3.09. The van der Waals surface area contributed by atoms with Crippen LogP contribution >= 0.6 is 0 Å². The summed E-state index contributed by atoms with van der Waals surface area (Å²) < 4.78 is 0. The van der Waals surface area contributed by atoms with Crippen LogP contribution in [0.25, 0.3) is 0 Å². The normalized spacial score (nSPS) is 11.4. The van der Waals surface area contributed by atoms with E-state index in [9.17, 15) is 0 Å². The van der Waals surface area contributed by atoms with Crippen molar-refractivity contribution < 1.29 is 0 Å². The number of nitrogens with zero attached hydrogens (tertiary/aromatic N) is 1. The molecule has 0 fully saturated rings. The predicted molar refractivity (Wildman–Crippen MR) is 60.4 cm³/mol. The van der Waals surface area contributed by atoms with Crippen molar-refractivity contribution in [3.63, 3.8) is 0 Å². The smallest absolute Gasteiger partial charge is 0.188 e. The van der Waals surface area contributed by atoms with Crippen LogP contribution in [0.15, 0.2) is 29.3 Å². The average Bonchev–Trinajstić information content (AvgIpc) is 2.20. The van der Waals surface area contributed by atoms with Crippen LogP contribution in [0.5, 0.6) is 0 Å². The van der Waals surface area contributed by atoms with E-state index in [0.29, 0.717) is 5.96 Å². The van der Waals surface area contributed by atoms with Gasteiger partial charge in [-0.25, -0.2) is 0 Å². The maximum absolute atomic E-state index is 5.51. The monoisotopic (exact) mass is 191 g/mol. The van der Waals surface area contributed by atoms with E-state index in [0.717, 1.165) is 13.0 Å². The zero-order valence-corrected chi connectivity index (χ0v) is 8.75. The van der Waals surface area contributed by atoms with E-state index in [1.807, 2.05) is 6.07 Å². The number of rotatable bonds is 3. The van der Waals surface area contributed by atoms with Crippen LogP contribution in [0.4, 0.5) is 0 Å². The van der Waals surface area contributed by atoms with Gasteiger partial charge in [-0.05, 0) is 24.5 Å². The lowest BCUT2D eigenvalue weighted by atomic mass is 10.1. The van der Waals surface area contributed by atoms with Gasteiger partial charge in [0.1, 0.15) is 0 Å². The highest BCUT2D eigenvalue weighted by molar-refractivity contribution is 5.77. The Hall–Kier alpha value is -1.51. The Morgan fingerprint density at radius 1 is 1.43 bits per heavy atom. The Morgan fingerprint density at radius 2 is 2.14 bits per heavy atom. The maximum Gasteiger partial charge on any atom is 0.188 e. The lowest BCUT2D eigenvalue weighted by molar-refractivity contribution is 0.852. The Morgan fingerprint density at radius 3 is 2.79 bits per heavy atom. The molecule has 1 aromatic rings. The van der Waals surface area contributed by atoms with Crippen molar-refractivity contribution in [1.29, 1.82) is 0 Å². The minimum absolute atomic E-state index is 0.499. The predicted octanol–water partition coefficient (Wildman–Crippen LogP) is 1.07. The van der Waals surface area contributed by atoms with Gasteiger partial charge in [0.05, 0.1) is 0 Å². The molecule has 0 aliphatic rings. The van der Waals surface area contributed by atoms with Gasteiger partial charge in [-0.15, -0.1) is 0 Å². The molecule has 3 heteroatoms. The molecule has 1 rings (SSSR count). The molecular weight excluding hydrogens is 174 g/mol. The molecule has 0 aromatic heterocycles. The minimum atomic E-state index is 0.499. The third-order valence-electron chi connectivity index (χ3n) is 2.20. The Bertz CT molecular complexity index is 318. The first kappa shape index (κ1) is 10.6. The Kier molecular flexibility index (Phi) is 3.98. The summed E-state index contributed by atoms with van der Waals surface area (Å²) in [6.07, 6.45) is 0.975. The molecule has 0 unspecified atom stereocenters. The molecule has 0 amide bonds. The molecule has 0 bridgehead atoms. The first-order valence-corrected chi connectivity index (χ1v) is 4.74. The second kappa shape index (κ2) is 5.27. The molecule has 3 nitrogen and oxygen atoms in total. The van der Waals surface area contributed by atoms with Gasteiger partial charge in [0.25, 0.3) is 0 Å². The number of guanidine groups is 1. The number of aryl methyl sites for hydroxylation is 1. The Labute approximate surface area is 85.0 Å². The zero-order chi connectivity index (χ0) is 10.4. The number of hydrogen-bond donors (Lipinski definition) is 2. The molecule has 0 aliphatic heterocycles. The molecule has 0 spiro atoms. The average molecular weight is 191 g/mol. The van der Waals surface area contributed by atoms with E-state index in [-0.39, 0.29) is 0 Å². The maximum atomic E-state index is 5.51. The molecular formula is C11H17N3. The molecule has 0 saturated heterocycles. The van der Waals surface area contributed by atoms with Gasteiger partial charge in [-0.3, -0.25) is 4.99 Å². The number of nitrogens with one attached hydrogen (secondary N) is 1. The van der Waals surface area contributed by atoms with Crippen LogP contribution in [-0.2, 0) is 6.42 Å². The first-order valence-electron chi connectivity index (χ1n) is 4.74. The van der Waals surface area contributed by atoms with E-state index < -0.39 is 0 Å². The van der Waals surface area contributed by atoms with Gasteiger partial charge in [-0.1, -0.05) is 24.3 Å². The molecule has 0 saturated carbocycles. The summed E-state index contributed by atoms with van der Waals surface area (Å²) >= 11 is 0. The molecule has 76 valence electrons. The van der Waals surface area contributed by atoms with Crippen molar-refractivity contribution in [2.45, 2.75) is 13.3 Å². The van der Waals surface area contributed by atoms with Gasteiger partial charge in [0.2, 0.25) is 0 Å². The minimum Gasteiger partial charge on any atom is -0.370 e. The van der Waals surface area contributed by atoms with E-state index in [2.05, 4.69) is 35.4 Å². The van der Waals surface area contributed by atoms with Crippen LogP contribution < -0.4 is 11.1 Å². The van der Waals surface area contributed by atoms with E-state index in [4.69, 9.17) is 5.73 Å². The van der Waals surface area contributed by atoms with Gasteiger partial charge >= 0.3 is 0 Å². The van der Waals surface area contributed by atoms with Crippen molar-refractivity contribution in [3.8, 4) is 0 Å². The highest BCUT2D eigenvalue weighted by Gasteiger charge is 1.96. The fourth-order valence-electron chi connectivity index (χ4n) is 1.29. The highest BCUT2D eigenvalue weighted by atomic mass is 15.1. The summed E-state index contributed by atoms with van der Waals surface area (Å²) in [5.41, 5.74) is 8.19. The topological polar surface area (TPSA) is 50.4 Å². The van der Waals surface area contributed by atoms with Gasteiger partial charge in [0.15, 0.2) is 5.96 Å². The molecule has 0 atom stereocenters. The summed E-state index contributed by atoms with van der Waals surface area (Å²) in [5.74, 6) is 0.499. The van der Waals surface area contributed by atoms with Crippen LogP contribution in [0.2, 0.25) is 0 Å². The van der Waals surface area contributed by atoms with Crippen molar-refractivity contribution in [1.82, 2.24) is 5.32 Å². The van der Waals surface area contributed by atoms with Gasteiger partial charge in [0, 0.05) is 13.6 Å². The first-order chi connectivity index (χ1) is 6.74. The van der Waals surface area contributed by atoms with Crippen molar-refractivity contribution in [2.75, 3.05) is 13.6 Å². The lowest BCUT2D eigenvalue weighted by Crippen LogP contribution is -2.32. The summed E-state index contributed by atoms with van der Waals surface area (Å²) in [7, 11) is 1.68. The number of hydrogen-bond acceptors (Lipinski definition) is 1. The fraction of sp³-hybridized carbons (Fsp3) is 0.364. The number of nitrogens with two attached hydrogens (primary N) is 1. The molecule has 1 aromatic carbocycles. The molecule has 14 heavy (non-hydrogen) atoms. The molecule has 0 heterocycles. The van der Waals surface area contributed by atoms with Gasteiger partial charge in [-0.2, -0.15) is 0 Å². The van der Waals surface area contributed by atoms with Gasteiger partial charge < -0.3 is 11.1 Å². The van der Waals surface area contributed by atoms with Crippen LogP contribution in [0.1, 0.15) is 11.1 Å². The van der Waals surface area contributed by atoms with Crippen molar-refractivity contribution >= 4 is 5.96 Å². The second-order valence-electron chi connectivity index (χ2n) is 3.21. The Balaban J connectivity index is 2.43. The van der Waals surface area contributed by atoms with E-state index in [1.165, 1.54) is 11.1 Å². The van der Waals surface area contributed by atoms with Crippen LogP contribution in [0.3, 0.4) is 0 Å². The third-order valence-corrected chi connectivity index (χ3v) is 2.20. The summed E-state index contributed by atoms with van der Waals surface area (Å²) in [4.78, 5) is 3.83.